The van der Waals surface area contributed by atoms with Gasteiger partial charge in [0, 0.05) is 49.2 Å². The van der Waals surface area contributed by atoms with E-state index in [1.54, 1.807) is 36.3 Å². The normalized spacial score (nSPS) is 13.5. The molecule has 2 heterocycles. The van der Waals surface area contributed by atoms with E-state index in [9.17, 15) is 9.59 Å². The summed E-state index contributed by atoms with van der Waals surface area (Å²) >= 11 is 0. The number of aryl methyl sites for hydroxylation is 2. The maximum Gasteiger partial charge on any atom is 0.254 e. The van der Waals surface area contributed by atoms with Gasteiger partial charge in [0.15, 0.2) is 0 Å². The lowest BCUT2D eigenvalue weighted by Gasteiger charge is -2.30. The Hall–Kier alpha value is -4.47. The van der Waals surface area contributed by atoms with Gasteiger partial charge in [-0.25, -0.2) is 4.98 Å². The largest absolute Gasteiger partial charge is 0.497 e. The van der Waals surface area contributed by atoms with Crippen molar-refractivity contribution in [1.82, 2.24) is 19.4 Å². The predicted octanol–water partition coefficient (Wildman–Crippen LogP) is 4.58. The van der Waals surface area contributed by atoms with Crippen LogP contribution in [0.3, 0.4) is 0 Å². The summed E-state index contributed by atoms with van der Waals surface area (Å²) in [6.07, 6.45) is 1.92. The number of amides is 2. The smallest absolute Gasteiger partial charge is 0.254 e. The van der Waals surface area contributed by atoms with E-state index in [2.05, 4.69) is 10.2 Å². The number of anilines is 1. The highest BCUT2D eigenvalue weighted by Gasteiger charge is 2.23. The molecule has 0 spiro atoms. The van der Waals surface area contributed by atoms with Gasteiger partial charge in [-0.1, -0.05) is 53.6 Å². The van der Waals surface area contributed by atoms with Gasteiger partial charge in [-0.05, 0) is 44.2 Å². The Balaban J connectivity index is 1.39. The minimum atomic E-state index is -0.331. The van der Waals surface area contributed by atoms with Crippen molar-refractivity contribution < 1.29 is 19.1 Å². The number of hydrogen-bond acceptors (Lipinski definition) is 6. The third-order valence-corrected chi connectivity index (χ3v) is 7.34. The van der Waals surface area contributed by atoms with E-state index in [0.717, 1.165) is 41.2 Å². The number of nitrogens with zero attached hydrogens (tertiary/aromatic N) is 4. The van der Waals surface area contributed by atoms with E-state index < -0.39 is 0 Å². The number of carbonyl (C=O) groups excluding carboxylic acids is 2. The molecule has 1 aliphatic rings. The fraction of sp³-hybridized carbons (Fsp3) is 0.303. The fourth-order valence-electron chi connectivity index (χ4n) is 4.85. The molecular formula is C33H37N5O4. The van der Waals surface area contributed by atoms with Crippen LogP contribution in [-0.2, 0) is 9.53 Å². The topological polar surface area (TPSA) is 88.9 Å². The second-order valence-corrected chi connectivity index (χ2v) is 10.5. The van der Waals surface area contributed by atoms with Crippen molar-refractivity contribution >= 4 is 17.8 Å². The molecule has 1 aromatic heterocycles. The summed E-state index contributed by atoms with van der Waals surface area (Å²) < 4.78 is 12.7. The van der Waals surface area contributed by atoms with Gasteiger partial charge in [-0.3, -0.25) is 24.4 Å². The molecule has 3 aromatic carbocycles. The summed E-state index contributed by atoms with van der Waals surface area (Å²) in [4.78, 5) is 35.8. The summed E-state index contributed by atoms with van der Waals surface area (Å²) in [5.41, 5.74) is 5.31. The molecule has 9 heteroatoms. The zero-order valence-corrected chi connectivity index (χ0v) is 24.4. The molecule has 1 N–H and O–H groups in total. The highest BCUT2D eigenvalue weighted by atomic mass is 16.5. The van der Waals surface area contributed by atoms with E-state index in [4.69, 9.17) is 14.5 Å². The molecule has 0 unspecified atom stereocenters. The molecule has 1 fully saturated rings. The van der Waals surface area contributed by atoms with Crippen LogP contribution >= 0.6 is 0 Å². The van der Waals surface area contributed by atoms with Crippen LogP contribution in [0.4, 0.5) is 5.95 Å². The van der Waals surface area contributed by atoms with E-state index in [1.807, 2.05) is 73.1 Å². The Kier molecular flexibility index (Phi) is 9.31. The molecule has 42 heavy (non-hydrogen) atoms. The maximum atomic E-state index is 13.6. The second kappa shape index (κ2) is 13.5. The van der Waals surface area contributed by atoms with E-state index in [-0.39, 0.29) is 18.4 Å². The number of carbonyl (C=O) groups is 2. The number of ether oxygens (including phenoxy) is 2. The Morgan fingerprint density at radius 3 is 2.36 bits per heavy atom. The van der Waals surface area contributed by atoms with E-state index in [0.29, 0.717) is 43.6 Å². The van der Waals surface area contributed by atoms with Gasteiger partial charge in [0.05, 0.1) is 26.0 Å². The van der Waals surface area contributed by atoms with Crippen molar-refractivity contribution in [2.75, 3.05) is 58.4 Å². The Morgan fingerprint density at radius 2 is 1.67 bits per heavy atom. The molecule has 2 amide bonds. The quantitative estimate of drug-likeness (QED) is 0.302. The number of benzene rings is 3. The fourth-order valence-corrected chi connectivity index (χ4v) is 4.85. The van der Waals surface area contributed by atoms with Crippen LogP contribution in [-0.4, -0.2) is 84.2 Å². The molecule has 5 rings (SSSR count). The molecule has 1 aliphatic heterocycles. The summed E-state index contributed by atoms with van der Waals surface area (Å²) in [7, 11) is 1.56. The van der Waals surface area contributed by atoms with Crippen molar-refractivity contribution in [3.63, 3.8) is 0 Å². The molecule has 0 saturated carbocycles. The zero-order valence-electron chi connectivity index (χ0n) is 24.4. The van der Waals surface area contributed by atoms with Crippen molar-refractivity contribution in [3.05, 3.63) is 95.7 Å². The van der Waals surface area contributed by atoms with Gasteiger partial charge < -0.3 is 14.4 Å². The van der Waals surface area contributed by atoms with Gasteiger partial charge in [0.25, 0.3) is 5.91 Å². The number of nitrogens with one attached hydrogen (secondary N) is 1. The van der Waals surface area contributed by atoms with Gasteiger partial charge in [0.2, 0.25) is 11.9 Å². The first-order valence-corrected chi connectivity index (χ1v) is 14.2. The van der Waals surface area contributed by atoms with Crippen molar-refractivity contribution in [2.24, 2.45) is 0 Å². The van der Waals surface area contributed by atoms with Crippen molar-refractivity contribution in [3.8, 4) is 22.7 Å². The monoisotopic (exact) mass is 567 g/mol. The summed E-state index contributed by atoms with van der Waals surface area (Å²) in [5.74, 6) is 0.408. The van der Waals surface area contributed by atoms with Crippen LogP contribution < -0.4 is 10.1 Å². The molecule has 4 aromatic rings. The number of methoxy groups -OCH3 is 1. The SMILES string of the molecule is COc1cccc(C(=O)N(CCN2CCOCC2)CC(=O)Nc2nc(-c3ccc(C)cc3)cn2-c2ccc(C)cc2)c1. The Bertz CT molecular complexity index is 1510. The maximum absolute atomic E-state index is 13.6. The summed E-state index contributed by atoms with van der Waals surface area (Å²) in [6, 6.07) is 23.1. The first kappa shape index (κ1) is 29.0. The molecule has 0 bridgehead atoms. The molecule has 0 radical (unpaired) electrons. The van der Waals surface area contributed by atoms with Crippen LogP contribution in [0, 0.1) is 13.8 Å². The number of rotatable bonds is 10. The molecule has 218 valence electrons. The van der Waals surface area contributed by atoms with Crippen molar-refractivity contribution in [1.29, 1.82) is 0 Å². The zero-order chi connectivity index (χ0) is 29.5. The second-order valence-electron chi connectivity index (χ2n) is 10.5. The lowest BCUT2D eigenvalue weighted by Crippen LogP contribution is -2.45. The Morgan fingerprint density at radius 1 is 0.976 bits per heavy atom. The molecule has 1 saturated heterocycles. The molecule has 9 nitrogen and oxygen atoms in total. The van der Waals surface area contributed by atoms with Gasteiger partial charge >= 0.3 is 0 Å². The summed E-state index contributed by atoms with van der Waals surface area (Å²) in [5, 5.41) is 2.98. The van der Waals surface area contributed by atoms with Gasteiger partial charge in [0.1, 0.15) is 12.3 Å². The predicted molar refractivity (Wildman–Crippen MR) is 163 cm³/mol. The van der Waals surface area contributed by atoms with Gasteiger partial charge in [-0.2, -0.15) is 0 Å². The van der Waals surface area contributed by atoms with E-state index in [1.165, 1.54) is 0 Å². The van der Waals surface area contributed by atoms with Gasteiger partial charge in [-0.15, -0.1) is 0 Å². The Labute approximate surface area is 246 Å². The minimum absolute atomic E-state index is 0.124. The summed E-state index contributed by atoms with van der Waals surface area (Å²) in [6.45, 7) is 7.89. The standard InChI is InChI=1S/C33H37N5O4/c1-24-7-11-26(12-8-24)30-22-38(28-13-9-25(2)10-14-28)33(34-30)35-31(39)23-37(16-15-36-17-19-42-20-18-36)32(40)27-5-4-6-29(21-27)41-3/h4-14,21-22H,15-20,23H2,1-3H3,(H,34,35,39). The van der Waals surface area contributed by atoms with Crippen LogP contribution in [0.5, 0.6) is 5.75 Å². The number of morpholine rings is 1. The first-order chi connectivity index (χ1) is 20.4. The number of hydrogen-bond donors (Lipinski definition) is 1. The van der Waals surface area contributed by atoms with E-state index >= 15 is 0 Å². The molecule has 0 aliphatic carbocycles. The molecular weight excluding hydrogens is 530 g/mol. The average molecular weight is 568 g/mol. The van der Waals surface area contributed by atoms with Crippen LogP contribution in [0.1, 0.15) is 21.5 Å². The van der Waals surface area contributed by atoms with Crippen LogP contribution in [0.2, 0.25) is 0 Å². The highest BCUT2D eigenvalue weighted by molar-refractivity contribution is 5.99. The third kappa shape index (κ3) is 7.23. The lowest BCUT2D eigenvalue weighted by molar-refractivity contribution is -0.117. The minimum Gasteiger partial charge on any atom is -0.497 e. The average Bonchev–Trinajstić information content (AvgIpc) is 3.43. The number of aromatic nitrogens is 2. The number of imidazole rings is 1. The first-order valence-electron chi connectivity index (χ1n) is 14.2. The van der Waals surface area contributed by atoms with Crippen LogP contribution in [0.25, 0.3) is 16.9 Å². The van der Waals surface area contributed by atoms with Crippen molar-refractivity contribution in [2.45, 2.75) is 13.8 Å². The third-order valence-electron chi connectivity index (χ3n) is 7.34. The highest BCUT2D eigenvalue weighted by Crippen LogP contribution is 2.25. The molecule has 0 atom stereocenters. The van der Waals surface area contributed by atoms with Crippen LogP contribution in [0.15, 0.2) is 79.0 Å². The lowest BCUT2D eigenvalue weighted by atomic mass is 10.1.